The normalized spacial score (nSPS) is 11.1. The zero-order chi connectivity index (χ0) is 15.5. The summed E-state index contributed by atoms with van der Waals surface area (Å²) in [5, 5.41) is 8.09. The minimum absolute atomic E-state index is 0.0998. The summed E-state index contributed by atoms with van der Waals surface area (Å²) in [7, 11) is 0. The Kier molecular flexibility index (Phi) is 4.01. The van der Waals surface area contributed by atoms with Crippen LogP contribution in [-0.4, -0.2) is 31.2 Å². The summed E-state index contributed by atoms with van der Waals surface area (Å²) in [6.07, 6.45) is 6.82. The highest BCUT2D eigenvalue weighted by atomic mass is 35.5. The van der Waals surface area contributed by atoms with E-state index in [0.29, 0.717) is 17.9 Å². The van der Waals surface area contributed by atoms with Gasteiger partial charge < -0.3 is 9.30 Å². The van der Waals surface area contributed by atoms with Crippen LogP contribution in [0, 0.1) is 0 Å². The Morgan fingerprint density at radius 1 is 1.32 bits per heavy atom. The number of hydrogen-bond acceptors (Lipinski definition) is 4. The Bertz CT molecular complexity index is 760. The lowest BCUT2D eigenvalue weighted by atomic mass is 10.3. The summed E-state index contributed by atoms with van der Waals surface area (Å²) in [5.41, 5.74) is 1.22. The molecule has 6 nitrogen and oxygen atoms in total. The van der Waals surface area contributed by atoms with Gasteiger partial charge in [0.25, 0.3) is 0 Å². The van der Waals surface area contributed by atoms with Crippen molar-refractivity contribution in [1.29, 1.82) is 0 Å². The van der Waals surface area contributed by atoms with Crippen LogP contribution in [0.2, 0.25) is 5.02 Å². The summed E-state index contributed by atoms with van der Waals surface area (Å²) in [6.45, 7) is -2.44. The topological polar surface area (TPSA) is 57.8 Å². The monoisotopic (exact) mass is 325 g/mol. The van der Waals surface area contributed by atoms with Crippen molar-refractivity contribution in [2.75, 3.05) is 0 Å². The SMILES string of the molecule is FC(F)Oc1cc(-n2cc(Cn3ccnc3)nn2)ccc1Cl. The molecule has 3 rings (SSSR count). The summed E-state index contributed by atoms with van der Waals surface area (Å²) < 4.78 is 32.3. The Morgan fingerprint density at radius 2 is 2.18 bits per heavy atom. The Morgan fingerprint density at radius 3 is 2.91 bits per heavy atom. The number of aromatic nitrogens is 5. The molecule has 0 saturated heterocycles. The molecular formula is C13H10ClF2N5O. The van der Waals surface area contributed by atoms with Gasteiger partial charge in [0, 0.05) is 18.5 Å². The van der Waals surface area contributed by atoms with Gasteiger partial charge in [0.2, 0.25) is 0 Å². The van der Waals surface area contributed by atoms with E-state index in [-0.39, 0.29) is 10.8 Å². The van der Waals surface area contributed by atoms with Crippen LogP contribution < -0.4 is 4.74 Å². The van der Waals surface area contributed by atoms with E-state index in [1.165, 1.54) is 16.8 Å². The lowest BCUT2D eigenvalue weighted by Crippen LogP contribution is -2.03. The summed E-state index contributed by atoms with van der Waals surface area (Å²) >= 11 is 5.81. The maximum absolute atomic E-state index is 12.3. The van der Waals surface area contributed by atoms with E-state index >= 15 is 0 Å². The first-order valence-corrected chi connectivity index (χ1v) is 6.61. The molecule has 0 N–H and O–H groups in total. The molecule has 22 heavy (non-hydrogen) atoms. The van der Waals surface area contributed by atoms with Gasteiger partial charge in [-0.2, -0.15) is 8.78 Å². The van der Waals surface area contributed by atoms with Gasteiger partial charge in [-0.15, -0.1) is 5.10 Å². The minimum atomic E-state index is -2.94. The van der Waals surface area contributed by atoms with Crippen molar-refractivity contribution in [2.24, 2.45) is 0 Å². The molecule has 0 aliphatic heterocycles. The first-order valence-electron chi connectivity index (χ1n) is 6.23. The number of ether oxygens (including phenoxy) is 1. The van der Waals surface area contributed by atoms with E-state index in [0.717, 1.165) is 0 Å². The quantitative estimate of drug-likeness (QED) is 0.724. The van der Waals surface area contributed by atoms with Crippen molar-refractivity contribution in [1.82, 2.24) is 24.5 Å². The standard InChI is InChI=1S/C13H10ClF2N5O/c14-11-2-1-10(5-12(11)22-13(15)16)21-7-9(18-19-21)6-20-4-3-17-8-20/h1-5,7-8,13H,6H2. The molecule has 0 radical (unpaired) electrons. The second kappa shape index (κ2) is 6.10. The summed E-state index contributed by atoms with van der Waals surface area (Å²) in [5.74, 6) is -0.110. The molecule has 114 valence electrons. The van der Waals surface area contributed by atoms with E-state index in [2.05, 4.69) is 20.0 Å². The van der Waals surface area contributed by atoms with Crippen LogP contribution in [-0.2, 0) is 6.54 Å². The van der Waals surface area contributed by atoms with Crippen molar-refractivity contribution in [3.8, 4) is 11.4 Å². The van der Waals surface area contributed by atoms with Crippen LogP contribution in [0.5, 0.6) is 5.75 Å². The fraction of sp³-hybridized carbons (Fsp3) is 0.154. The van der Waals surface area contributed by atoms with Crippen LogP contribution in [0.15, 0.2) is 43.1 Å². The van der Waals surface area contributed by atoms with E-state index in [4.69, 9.17) is 11.6 Å². The van der Waals surface area contributed by atoms with Crippen LogP contribution in [0.4, 0.5) is 8.78 Å². The molecule has 3 aromatic rings. The highest BCUT2D eigenvalue weighted by Crippen LogP contribution is 2.28. The van der Waals surface area contributed by atoms with Crippen LogP contribution in [0.25, 0.3) is 5.69 Å². The van der Waals surface area contributed by atoms with Crippen molar-refractivity contribution in [3.05, 3.63) is 53.8 Å². The van der Waals surface area contributed by atoms with Gasteiger partial charge in [-0.3, -0.25) is 0 Å². The van der Waals surface area contributed by atoms with E-state index in [1.807, 2.05) is 4.57 Å². The molecule has 0 fully saturated rings. The maximum atomic E-state index is 12.3. The van der Waals surface area contributed by atoms with Gasteiger partial charge in [-0.1, -0.05) is 16.8 Å². The third-order valence-electron chi connectivity index (χ3n) is 2.84. The highest BCUT2D eigenvalue weighted by molar-refractivity contribution is 6.32. The summed E-state index contributed by atoms with van der Waals surface area (Å²) in [6, 6.07) is 4.48. The average molecular weight is 326 g/mol. The van der Waals surface area contributed by atoms with Crippen molar-refractivity contribution in [2.45, 2.75) is 13.2 Å². The minimum Gasteiger partial charge on any atom is -0.433 e. The lowest BCUT2D eigenvalue weighted by molar-refractivity contribution is -0.0497. The molecule has 0 unspecified atom stereocenters. The zero-order valence-corrected chi connectivity index (χ0v) is 11.9. The number of nitrogens with zero attached hydrogens (tertiary/aromatic N) is 5. The Labute approximate surface area is 128 Å². The molecule has 2 aromatic heterocycles. The van der Waals surface area contributed by atoms with Crippen molar-refractivity contribution < 1.29 is 13.5 Å². The molecule has 0 spiro atoms. The molecule has 0 atom stereocenters. The van der Waals surface area contributed by atoms with Gasteiger partial charge in [-0.25, -0.2) is 9.67 Å². The van der Waals surface area contributed by atoms with E-state index in [9.17, 15) is 8.78 Å². The second-order valence-corrected chi connectivity index (χ2v) is 4.79. The molecule has 0 bridgehead atoms. The van der Waals surface area contributed by atoms with Crippen LogP contribution in [0.3, 0.4) is 0 Å². The molecule has 9 heteroatoms. The van der Waals surface area contributed by atoms with Gasteiger partial charge in [0.15, 0.2) is 0 Å². The van der Waals surface area contributed by atoms with Gasteiger partial charge in [-0.05, 0) is 12.1 Å². The fourth-order valence-corrected chi connectivity index (χ4v) is 2.05. The lowest BCUT2D eigenvalue weighted by Gasteiger charge is -2.08. The fourth-order valence-electron chi connectivity index (χ4n) is 1.89. The highest BCUT2D eigenvalue weighted by Gasteiger charge is 2.11. The molecule has 0 aliphatic rings. The van der Waals surface area contributed by atoms with Crippen LogP contribution >= 0.6 is 11.6 Å². The second-order valence-electron chi connectivity index (χ2n) is 4.38. The average Bonchev–Trinajstić information content (AvgIpc) is 3.13. The first-order chi connectivity index (χ1) is 10.6. The summed E-state index contributed by atoms with van der Waals surface area (Å²) in [4.78, 5) is 3.94. The number of rotatable bonds is 5. The number of alkyl halides is 2. The van der Waals surface area contributed by atoms with Gasteiger partial charge in [0.1, 0.15) is 11.4 Å². The Balaban J connectivity index is 1.83. The largest absolute Gasteiger partial charge is 0.433 e. The predicted octanol–water partition coefficient (Wildman–Crippen LogP) is 2.77. The predicted molar refractivity (Wildman–Crippen MR) is 74.3 cm³/mol. The van der Waals surface area contributed by atoms with Gasteiger partial charge >= 0.3 is 6.61 Å². The maximum Gasteiger partial charge on any atom is 0.387 e. The third kappa shape index (κ3) is 3.22. The molecule has 0 aliphatic carbocycles. The number of hydrogen-bond donors (Lipinski definition) is 0. The molecule has 0 saturated carbocycles. The zero-order valence-electron chi connectivity index (χ0n) is 11.1. The van der Waals surface area contributed by atoms with E-state index < -0.39 is 6.61 Å². The van der Waals surface area contributed by atoms with Crippen molar-refractivity contribution in [3.63, 3.8) is 0 Å². The molecule has 2 heterocycles. The van der Waals surface area contributed by atoms with Crippen molar-refractivity contribution >= 4 is 11.6 Å². The smallest absolute Gasteiger partial charge is 0.387 e. The Hall–Kier alpha value is -2.48. The molecule has 1 aromatic carbocycles. The number of imidazole rings is 1. The first kappa shape index (κ1) is 14.5. The molecule has 0 amide bonds. The third-order valence-corrected chi connectivity index (χ3v) is 3.15. The molecular weight excluding hydrogens is 316 g/mol. The number of halogens is 3. The van der Waals surface area contributed by atoms with Crippen LogP contribution in [0.1, 0.15) is 5.69 Å². The van der Waals surface area contributed by atoms with E-state index in [1.54, 1.807) is 31.0 Å². The number of benzene rings is 1. The van der Waals surface area contributed by atoms with Gasteiger partial charge in [0.05, 0.1) is 29.8 Å².